The molecule has 160 valence electrons. The van der Waals surface area contributed by atoms with Crippen LogP contribution < -0.4 is 20.1 Å². The number of hydrogen-bond donors (Lipinski definition) is 2. The molecule has 0 fully saturated rings. The van der Waals surface area contributed by atoms with Crippen molar-refractivity contribution in [2.75, 3.05) is 50.5 Å². The van der Waals surface area contributed by atoms with Gasteiger partial charge in [-0.05, 0) is 30.8 Å². The van der Waals surface area contributed by atoms with Crippen LogP contribution in [0.2, 0.25) is 0 Å². The first-order valence-corrected chi connectivity index (χ1v) is 11.0. The van der Waals surface area contributed by atoms with Crippen molar-refractivity contribution in [3.63, 3.8) is 0 Å². The molecule has 1 aliphatic heterocycles. The number of amides is 2. The van der Waals surface area contributed by atoms with Gasteiger partial charge in [0, 0.05) is 28.9 Å². The zero-order valence-corrected chi connectivity index (χ0v) is 17.9. The zero-order chi connectivity index (χ0) is 21.2. The van der Waals surface area contributed by atoms with Crippen LogP contribution >= 0.6 is 11.8 Å². The van der Waals surface area contributed by atoms with Gasteiger partial charge in [-0.3, -0.25) is 14.5 Å². The highest BCUT2D eigenvalue weighted by Gasteiger charge is 2.15. The molecule has 0 spiro atoms. The smallest absolute Gasteiger partial charge is 0.238 e. The first-order valence-electron chi connectivity index (χ1n) is 10.0. The van der Waals surface area contributed by atoms with Crippen LogP contribution in [0.3, 0.4) is 0 Å². The van der Waals surface area contributed by atoms with E-state index in [1.807, 2.05) is 37.3 Å². The van der Waals surface area contributed by atoms with Crippen molar-refractivity contribution >= 4 is 29.3 Å². The van der Waals surface area contributed by atoms with Crippen LogP contribution in [0.1, 0.15) is 6.92 Å². The van der Waals surface area contributed by atoms with E-state index in [9.17, 15) is 9.59 Å². The molecule has 0 aromatic heterocycles. The van der Waals surface area contributed by atoms with Crippen molar-refractivity contribution < 1.29 is 19.1 Å². The summed E-state index contributed by atoms with van der Waals surface area (Å²) in [6, 6.07) is 15.4. The highest BCUT2D eigenvalue weighted by atomic mass is 32.2. The van der Waals surface area contributed by atoms with E-state index in [0.717, 1.165) is 5.75 Å². The lowest BCUT2D eigenvalue weighted by Crippen LogP contribution is -2.41. The molecule has 0 unspecified atom stereocenters. The SMILES string of the molecule is CCN(CC(=O)NCCSc1ccccc1)CC(=O)Nc1ccc2c(c1)OCCO2. The van der Waals surface area contributed by atoms with Crippen molar-refractivity contribution in [3.05, 3.63) is 48.5 Å². The quantitative estimate of drug-likeness (QED) is 0.447. The van der Waals surface area contributed by atoms with E-state index in [0.29, 0.717) is 43.5 Å². The van der Waals surface area contributed by atoms with Crippen molar-refractivity contribution in [2.24, 2.45) is 0 Å². The van der Waals surface area contributed by atoms with Crippen molar-refractivity contribution in [2.45, 2.75) is 11.8 Å². The third-order valence-electron chi connectivity index (χ3n) is 4.44. The lowest BCUT2D eigenvalue weighted by Gasteiger charge is -2.21. The van der Waals surface area contributed by atoms with Crippen LogP contribution in [0.25, 0.3) is 0 Å². The van der Waals surface area contributed by atoms with E-state index in [1.165, 1.54) is 4.90 Å². The molecule has 8 heteroatoms. The van der Waals surface area contributed by atoms with Crippen molar-refractivity contribution in [1.29, 1.82) is 0 Å². The fraction of sp³-hybridized carbons (Fsp3) is 0.364. The topological polar surface area (TPSA) is 79.9 Å². The Morgan fingerprint density at radius 3 is 2.50 bits per heavy atom. The average Bonchev–Trinajstić information content (AvgIpc) is 2.77. The average molecular weight is 430 g/mol. The third kappa shape index (κ3) is 6.96. The Morgan fingerprint density at radius 1 is 1.00 bits per heavy atom. The Hall–Kier alpha value is -2.71. The monoisotopic (exact) mass is 429 g/mol. The fourth-order valence-corrected chi connectivity index (χ4v) is 3.73. The molecule has 1 aliphatic rings. The van der Waals surface area contributed by atoms with Crippen LogP contribution in [0.15, 0.2) is 53.4 Å². The summed E-state index contributed by atoms with van der Waals surface area (Å²) in [6.07, 6.45) is 0. The van der Waals surface area contributed by atoms with Gasteiger partial charge in [0.25, 0.3) is 0 Å². The molecule has 0 aliphatic carbocycles. The van der Waals surface area contributed by atoms with Crippen LogP contribution in [0, 0.1) is 0 Å². The Morgan fingerprint density at radius 2 is 1.73 bits per heavy atom. The van der Waals surface area contributed by atoms with E-state index >= 15 is 0 Å². The van der Waals surface area contributed by atoms with Crippen molar-refractivity contribution in [1.82, 2.24) is 10.2 Å². The maximum atomic E-state index is 12.4. The molecular formula is C22H27N3O4S. The predicted octanol–water partition coefficient (Wildman–Crippen LogP) is 2.63. The molecule has 0 bridgehead atoms. The molecule has 0 atom stereocenters. The number of rotatable bonds is 10. The number of fused-ring (bicyclic) bond motifs is 1. The minimum absolute atomic E-state index is 0.0855. The number of anilines is 1. The number of likely N-dealkylation sites (N-methyl/N-ethyl adjacent to an activating group) is 1. The molecule has 2 aromatic carbocycles. The van der Waals surface area contributed by atoms with Gasteiger partial charge in [-0.15, -0.1) is 11.8 Å². The second-order valence-corrected chi connectivity index (χ2v) is 7.89. The molecule has 1 heterocycles. The lowest BCUT2D eigenvalue weighted by atomic mass is 10.2. The molecular weight excluding hydrogens is 402 g/mol. The maximum Gasteiger partial charge on any atom is 0.238 e. The summed E-state index contributed by atoms with van der Waals surface area (Å²) >= 11 is 1.70. The minimum Gasteiger partial charge on any atom is -0.486 e. The van der Waals surface area contributed by atoms with Gasteiger partial charge < -0.3 is 20.1 Å². The van der Waals surface area contributed by atoms with Gasteiger partial charge in [0.05, 0.1) is 13.1 Å². The maximum absolute atomic E-state index is 12.4. The van der Waals surface area contributed by atoms with Crippen LogP contribution in [-0.2, 0) is 9.59 Å². The van der Waals surface area contributed by atoms with Gasteiger partial charge in [0.15, 0.2) is 11.5 Å². The number of ether oxygens (including phenoxy) is 2. The Balaban J connectivity index is 1.38. The van der Waals surface area contributed by atoms with Gasteiger partial charge in [-0.2, -0.15) is 0 Å². The summed E-state index contributed by atoms with van der Waals surface area (Å²) in [7, 11) is 0. The number of benzene rings is 2. The second kappa shape index (κ2) is 11.5. The largest absolute Gasteiger partial charge is 0.486 e. The Bertz CT molecular complexity index is 848. The first kappa shape index (κ1) is 22.0. The van der Waals surface area contributed by atoms with Crippen molar-refractivity contribution in [3.8, 4) is 11.5 Å². The molecule has 0 saturated heterocycles. The molecule has 2 N–H and O–H groups in total. The van der Waals surface area contributed by atoms with Crippen LogP contribution in [0.4, 0.5) is 5.69 Å². The van der Waals surface area contributed by atoms with E-state index in [2.05, 4.69) is 10.6 Å². The van der Waals surface area contributed by atoms with Gasteiger partial charge in [0.2, 0.25) is 11.8 Å². The lowest BCUT2D eigenvalue weighted by molar-refractivity contribution is -0.123. The summed E-state index contributed by atoms with van der Waals surface area (Å²) in [5.74, 6) is 1.83. The van der Waals surface area contributed by atoms with E-state index in [1.54, 1.807) is 34.9 Å². The minimum atomic E-state index is -0.180. The highest BCUT2D eigenvalue weighted by Crippen LogP contribution is 2.32. The Kier molecular flexibility index (Phi) is 8.41. The fourth-order valence-electron chi connectivity index (χ4n) is 2.94. The third-order valence-corrected chi connectivity index (χ3v) is 5.46. The normalized spacial score (nSPS) is 12.5. The van der Waals surface area contributed by atoms with E-state index in [4.69, 9.17) is 9.47 Å². The molecule has 2 aromatic rings. The summed E-state index contributed by atoms with van der Waals surface area (Å²) < 4.78 is 11.0. The molecule has 0 saturated carbocycles. The number of nitrogens with zero attached hydrogens (tertiary/aromatic N) is 1. The summed E-state index contributed by atoms with van der Waals surface area (Å²) in [6.45, 7) is 4.44. The standard InChI is InChI=1S/C22H27N3O4S/c1-2-25(15-21(26)23-10-13-30-18-6-4-3-5-7-18)16-22(27)24-17-8-9-19-20(14-17)29-12-11-28-19/h3-9,14H,2,10-13,15-16H2,1H3,(H,23,26)(H,24,27). The number of thioether (sulfide) groups is 1. The number of carbonyl (C=O) groups excluding carboxylic acids is 2. The molecule has 30 heavy (non-hydrogen) atoms. The van der Waals surface area contributed by atoms with Gasteiger partial charge in [-0.1, -0.05) is 25.1 Å². The van der Waals surface area contributed by atoms with E-state index in [-0.39, 0.29) is 24.9 Å². The molecule has 7 nitrogen and oxygen atoms in total. The van der Waals surface area contributed by atoms with E-state index < -0.39 is 0 Å². The Labute approximate surface area is 181 Å². The highest BCUT2D eigenvalue weighted by molar-refractivity contribution is 7.99. The van der Waals surface area contributed by atoms with Gasteiger partial charge >= 0.3 is 0 Å². The number of nitrogens with one attached hydrogen (secondary N) is 2. The summed E-state index contributed by atoms with van der Waals surface area (Å²) in [5.41, 5.74) is 0.641. The van der Waals surface area contributed by atoms with Crippen LogP contribution in [0.5, 0.6) is 11.5 Å². The predicted molar refractivity (Wildman–Crippen MR) is 118 cm³/mol. The van der Waals surface area contributed by atoms with Gasteiger partial charge in [-0.25, -0.2) is 0 Å². The first-order chi connectivity index (χ1) is 14.6. The van der Waals surface area contributed by atoms with Gasteiger partial charge in [0.1, 0.15) is 13.2 Å². The summed E-state index contributed by atoms with van der Waals surface area (Å²) in [5, 5.41) is 5.76. The zero-order valence-electron chi connectivity index (χ0n) is 17.1. The molecule has 0 radical (unpaired) electrons. The number of hydrogen-bond acceptors (Lipinski definition) is 6. The van der Waals surface area contributed by atoms with Crippen LogP contribution in [-0.4, -0.2) is 61.9 Å². The second-order valence-electron chi connectivity index (χ2n) is 6.72. The molecule has 3 rings (SSSR count). The number of carbonyl (C=O) groups is 2. The summed E-state index contributed by atoms with van der Waals surface area (Å²) in [4.78, 5) is 27.6. The molecule has 2 amide bonds.